The molecule has 0 radical (unpaired) electrons. The number of likely N-dealkylation sites (tertiary alicyclic amines) is 1. The Labute approximate surface area is 245 Å². The minimum atomic E-state index is -4.31. The Morgan fingerprint density at radius 2 is 1.77 bits per heavy atom. The van der Waals surface area contributed by atoms with Gasteiger partial charge in [0.05, 0.1) is 5.57 Å². The average molecular weight is 581 g/mol. The predicted octanol–water partition coefficient (Wildman–Crippen LogP) is 10.1. The summed E-state index contributed by atoms with van der Waals surface area (Å²) < 4.78 is 42.1. The van der Waals surface area contributed by atoms with Gasteiger partial charge in [0.2, 0.25) is 0 Å². The zero-order chi connectivity index (χ0) is 30.1. The molecule has 3 unspecified atom stereocenters. The number of alkyl halides is 3. The summed E-state index contributed by atoms with van der Waals surface area (Å²) in [6, 6.07) is 0.641. The lowest BCUT2D eigenvalue weighted by atomic mass is 9.77. The van der Waals surface area contributed by atoms with Gasteiger partial charge in [0.25, 0.3) is 0 Å². The first-order valence-electron chi connectivity index (χ1n) is 15.0. The van der Waals surface area contributed by atoms with Crippen molar-refractivity contribution >= 4 is 23.4 Å². The number of allylic oxidation sites excluding steroid dienone is 6. The molecular formula is C33H51F3N2OS. The normalized spacial score (nSPS) is 27.0. The Bertz CT molecular complexity index is 988. The van der Waals surface area contributed by atoms with Gasteiger partial charge in [0, 0.05) is 35.0 Å². The third-order valence-corrected chi connectivity index (χ3v) is 9.92. The first kappa shape index (κ1) is 34.6. The smallest absolute Gasteiger partial charge is 0.300 e. The molecule has 0 aromatic heterocycles. The summed E-state index contributed by atoms with van der Waals surface area (Å²) in [4.78, 5) is 16.0. The molecule has 3 aliphatic rings. The van der Waals surface area contributed by atoms with Crippen LogP contribution in [0.3, 0.4) is 0 Å². The fourth-order valence-corrected chi connectivity index (χ4v) is 7.34. The number of nitrogens with zero attached hydrogens (tertiary/aromatic N) is 2. The number of hydrogen-bond acceptors (Lipinski definition) is 4. The van der Waals surface area contributed by atoms with Gasteiger partial charge in [-0.15, -0.1) is 0 Å². The molecule has 0 aromatic rings. The number of Topliss-reactive ketones (excluding diaryl/α,β-unsaturated/α-hetero) is 1. The second-order valence-electron chi connectivity index (χ2n) is 11.9. The van der Waals surface area contributed by atoms with Crippen LogP contribution in [-0.4, -0.2) is 41.7 Å². The van der Waals surface area contributed by atoms with Crippen LogP contribution in [0.1, 0.15) is 106 Å². The molecule has 0 spiro atoms. The molecule has 3 nitrogen and oxygen atoms in total. The van der Waals surface area contributed by atoms with Crippen LogP contribution >= 0.6 is 11.9 Å². The first-order chi connectivity index (χ1) is 18.8. The lowest BCUT2D eigenvalue weighted by Crippen LogP contribution is -2.42. The van der Waals surface area contributed by atoms with Gasteiger partial charge in [-0.1, -0.05) is 51.5 Å². The Kier molecular flexibility index (Phi) is 13.5. The largest absolute Gasteiger partial charge is 0.416 e. The van der Waals surface area contributed by atoms with Crippen molar-refractivity contribution in [2.45, 2.75) is 118 Å². The van der Waals surface area contributed by atoms with Crippen LogP contribution in [0.4, 0.5) is 13.2 Å². The maximum absolute atomic E-state index is 12.5. The highest BCUT2D eigenvalue weighted by Crippen LogP contribution is 2.56. The minimum Gasteiger partial charge on any atom is -0.300 e. The van der Waals surface area contributed by atoms with E-state index in [0.29, 0.717) is 30.1 Å². The molecule has 2 aliphatic carbocycles. The van der Waals surface area contributed by atoms with Crippen molar-refractivity contribution < 1.29 is 18.0 Å². The van der Waals surface area contributed by atoms with Gasteiger partial charge >= 0.3 is 6.18 Å². The van der Waals surface area contributed by atoms with Gasteiger partial charge in [-0.3, -0.25) is 4.79 Å². The highest BCUT2D eigenvalue weighted by atomic mass is 32.2. The summed E-state index contributed by atoms with van der Waals surface area (Å²) in [5.74, 6) is 1.74. The van der Waals surface area contributed by atoms with Crippen LogP contribution in [0.2, 0.25) is 0 Å². The van der Waals surface area contributed by atoms with Crippen molar-refractivity contribution in [3.8, 4) is 0 Å². The summed E-state index contributed by atoms with van der Waals surface area (Å²) in [5, 5.41) is 0. The van der Waals surface area contributed by atoms with E-state index < -0.39 is 11.7 Å². The molecule has 0 amide bonds. The maximum Gasteiger partial charge on any atom is 0.416 e. The molecule has 0 bridgehead atoms. The van der Waals surface area contributed by atoms with Gasteiger partial charge in [-0.25, -0.2) is 4.40 Å². The highest BCUT2D eigenvalue weighted by Gasteiger charge is 2.54. The van der Waals surface area contributed by atoms with Crippen molar-refractivity contribution in [1.82, 2.24) is 4.90 Å². The topological polar surface area (TPSA) is 32.7 Å². The molecule has 3 rings (SSSR count). The van der Waals surface area contributed by atoms with E-state index >= 15 is 0 Å². The SMILES string of the molecule is C=C(C)S/N=C(\C)C1CCN(C2CC3CCCC3(C(C)=O)C2)CC1.C=C/C(=C\C(CC)=C(/C)CCC)C(F)(F)F. The molecule has 40 heavy (non-hydrogen) atoms. The van der Waals surface area contributed by atoms with Crippen molar-refractivity contribution in [2.75, 3.05) is 13.1 Å². The van der Waals surface area contributed by atoms with E-state index in [9.17, 15) is 18.0 Å². The van der Waals surface area contributed by atoms with E-state index in [1.165, 1.54) is 68.9 Å². The molecule has 7 heteroatoms. The molecule has 1 aliphatic heterocycles. The summed E-state index contributed by atoms with van der Waals surface area (Å²) in [6.07, 6.45) is 8.62. The van der Waals surface area contributed by atoms with Crippen molar-refractivity contribution in [2.24, 2.45) is 21.6 Å². The van der Waals surface area contributed by atoms with E-state index in [4.69, 9.17) is 0 Å². The number of piperidine rings is 1. The zero-order valence-electron chi connectivity index (χ0n) is 25.6. The number of halogens is 3. The van der Waals surface area contributed by atoms with Crippen molar-refractivity contribution in [3.63, 3.8) is 0 Å². The predicted molar refractivity (Wildman–Crippen MR) is 166 cm³/mol. The van der Waals surface area contributed by atoms with Gasteiger partial charge in [0.15, 0.2) is 0 Å². The highest BCUT2D eigenvalue weighted by molar-refractivity contribution is 8.01. The molecule has 0 N–H and O–H groups in total. The standard InChI is InChI=1S/C20H32N2OS.C13H19F3/c1-14(2)24-21-15(3)17-7-10-22(11-8-17)19-12-18-6-5-9-20(18,13-19)16(4)23;1-5-8-10(4)11(6-2)9-12(7-3)13(14,15)16/h17-19H,1,5-13H2,2-4H3;7,9H,3,5-6,8H2,1-2,4H3/b21-15+;11-10+,12-9+. The zero-order valence-corrected chi connectivity index (χ0v) is 26.4. The van der Waals surface area contributed by atoms with E-state index in [1.807, 2.05) is 34.6 Å². The summed E-state index contributed by atoms with van der Waals surface area (Å²) in [7, 11) is 0. The Balaban J connectivity index is 0.000000307. The van der Waals surface area contributed by atoms with Crippen molar-refractivity contribution in [1.29, 1.82) is 0 Å². The van der Waals surface area contributed by atoms with Crippen LogP contribution in [0.15, 0.2) is 51.3 Å². The van der Waals surface area contributed by atoms with Gasteiger partial charge in [-0.05, 0) is 115 Å². The van der Waals surface area contributed by atoms with E-state index in [1.54, 1.807) is 0 Å². The quantitative estimate of drug-likeness (QED) is 0.146. The molecule has 2 saturated carbocycles. The van der Waals surface area contributed by atoms with Crippen molar-refractivity contribution in [3.05, 3.63) is 46.9 Å². The molecule has 0 aromatic carbocycles. The lowest BCUT2D eigenvalue weighted by Gasteiger charge is -2.37. The van der Waals surface area contributed by atoms with Crippen LogP contribution in [0.25, 0.3) is 0 Å². The maximum atomic E-state index is 12.5. The molecule has 226 valence electrons. The summed E-state index contributed by atoms with van der Waals surface area (Å²) in [6.45, 7) is 21.2. The number of hydrogen-bond donors (Lipinski definition) is 0. The van der Waals surface area contributed by atoms with Crippen LogP contribution in [0.5, 0.6) is 0 Å². The fraction of sp³-hybridized carbons (Fsp3) is 0.697. The van der Waals surface area contributed by atoms with Crippen LogP contribution in [-0.2, 0) is 4.79 Å². The van der Waals surface area contributed by atoms with E-state index in [0.717, 1.165) is 47.8 Å². The number of fused-ring (bicyclic) bond motifs is 1. The summed E-state index contributed by atoms with van der Waals surface area (Å²) >= 11 is 1.52. The fourth-order valence-electron chi connectivity index (χ4n) is 6.89. The number of ketones is 1. The Morgan fingerprint density at radius 1 is 1.12 bits per heavy atom. The molecular weight excluding hydrogens is 529 g/mol. The first-order valence-corrected chi connectivity index (χ1v) is 15.8. The molecule has 1 saturated heterocycles. The monoisotopic (exact) mass is 580 g/mol. The van der Waals surface area contributed by atoms with Crippen LogP contribution in [0, 0.1) is 17.3 Å². The number of carbonyl (C=O) groups excluding carboxylic acids is 1. The van der Waals surface area contributed by atoms with E-state index in [-0.39, 0.29) is 5.41 Å². The number of rotatable bonds is 10. The van der Waals surface area contributed by atoms with E-state index in [2.05, 4.69) is 29.4 Å². The third-order valence-electron chi connectivity index (χ3n) is 9.23. The minimum absolute atomic E-state index is 0.0387. The van der Waals surface area contributed by atoms with Crippen LogP contribution < -0.4 is 0 Å². The van der Waals surface area contributed by atoms with Gasteiger partial charge < -0.3 is 4.90 Å². The molecule has 3 atom stereocenters. The average Bonchev–Trinajstić information content (AvgIpc) is 3.47. The Hall–Kier alpha value is -1.60. The number of carbonyl (C=O) groups is 1. The second-order valence-corrected chi connectivity index (χ2v) is 13.0. The Morgan fingerprint density at radius 3 is 2.25 bits per heavy atom. The second kappa shape index (κ2) is 15.6. The lowest BCUT2D eigenvalue weighted by molar-refractivity contribution is -0.127. The third kappa shape index (κ3) is 9.20. The molecule has 1 heterocycles. The van der Waals surface area contributed by atoms with Gasteiger partial charge in [-0.2, -0.15) is 13.2 Å². The van der Waals surface area contributed by atoms with Gasteiger partial charge in [0.1, 0.15) is 5.78 Å². The molecule has 3 fully saturated rings. The summed E-state index contributed by atoms with van der Waals surface area (Å²) in [5.41, 5.74) is 2.42.